The molecule has 4 nitrogen and oxygen atoms in total. The van der Waals surface area contributed by atoms with Gasteiger partial charge in [0.1, 0.15) is 5.82 Å². The van der Waals surface area contributed by atoms with E-state index in [1.807, 2.05) is 24.5 Å². The van der Waals surface area contributed by atoms with Gasteiger partial charge in [0.05, 0.1) is 5.02 Å². The smallest absolute Gasteiger partial charge is 0.173 e. The molecule has 0 amide bonds. The largest absolute Gasteiger partial charge is 0.346 e. The summed E-state index contributed by atoms with van der Waals surface area (Å²) in [6.45, 7) is 4.50. The van der Waals surface area contributed by atoms with Gasteiger partial charge in [-0.05, 0) is 48.1 Å². The van der Waals surface area contributed by atoms with E-state index in [1.165, 1.54) is 11.6 Å². The van der Waals surface area contributed by atoms with Gasteiger partial charge in [-0.15, -0.1) is 0 Å². The van der Waals surface area contributed by atoms with Gasteiger partial charge in [-0.3, -0.25) is 9.88 Å². The second-order valence-electron chi connectivity index (χ2n) is 5.68. The zero-order valence-electron chi connectivity index (χ0n) is 13.1. The molecule has 126 valence electrons. The van der Waals surface area contributed by atoms with Crippen molar-refractivity contribution < 1.29 is 4.39 Å². The number of benzene rings is 1. The molecule has 1 aromatic heterocycles. The van der Waals surface area contributed by atoms with Crippen molar-refractivity contribution in [2.75, 3.05) is 31.5 Å². The topological polar surface area (TPSA) is 31.4 Å². The third-order valence-corrected chi connectivity index (χ3v) is 4.64. The fourth-order valence-corrected chi connectivity index (χ4v) is 3.11. The number of aromatic nitrogens is 1. The standard InChI is InChI=1S/C17H18ClFN4S/c18-15-11-14(1-2-16(15)19)21-17(24)23-9-7-22(8-10-23)12-13-3-5-20-6-4-13/h1-6,11H,7-10,12H2,(H,21,24). The lowest BCUT2D eigenvalue weighted by molar-refractivity contribution is 0.177. The molecule has 1 N–H and O–H groups in total. The Kier molecular flexibility index (Phi) is 5.60. The number of nitrogens with one attached hydrogen (secondary N) is 1. The van der Waals surface area contributed by atoms with Crippen LogP contribution in [-0.4, -0.2) is 46.1 Å². The first-order valence-electron chi connectivity index (χ1n) is 7.74. The van der Waals surface area contributed by atoms with Crippen LogP contribution >= 0.6 is 23.8 Å². The average Bonchev–Trinajstić information content (AvgIpc) is 2.60. The highest BCUT2D eigenvalue weighted by Gasteiger charge is 2.19. The third-order valence-electron chi connectivity index (χ3n) is 3.99. The number of halogens is 2. The molecule has 24 heavy (non-hydrogen) atoms. The zero-order chi connectivity index (χ0) is 16.9. The van der Waals surface area contributed by atoms with E-state index in [1.54, 1.807) is 12.1 Å². The van der Waals surface area contributed by atoms with Crippen molar-refractivity contribution in [2.45, 2.75) is 6.54 Å². The molecule has 0 radical (unpaired) electrons. The van der Waals surface area contributed by atoms with Crippen molar-refractivity contribution in [1.82, 2.24) is 14.8 Å². The number of hydrogen-bond acceptors (Lipinski definition) is 3. The normalized spacial score (nSPS) is 15.3. The summed E-state index contributed by atoms with van der Waals surface area (Å²) in [5.74, 6) is -0.433. The Balaban J connectivity index is 1.50. The quantitative estimate of drug-likeness (QED) is 0.844. The molecule has 1 aromatic carbocycles. The Morgan fingerprint density at radius 2 is 1.88 bits per heavy atom. The summed E-state index contributed by atoms with van der Waals surface area (Å²) in [5, 5.41) is 3.85. The monoisotopic (exact) mass is 364 g/mol. The fourth-order valence-electron chi connectivity index (χ4n) is 2.63. The maximum Gasteiger partial charge on any atom is 0.173 e. The summed E-state index contributed by atoms with van der Waals surface area (Å²) in [4.78, 5) is 8.55. The van der Waals surface area contributed by atoms with Gasteiger partial charge < -0.3 is 10.2 Å². The van der Waals surface area contributed by atoms with Crippen LogP contribution < -0.4 is 5.32 Å². The molecule has 1 fully saturated rings. The molecular weight excluding hydrogens is 347 g/mol. The van der Waals surface area contributed by atoms with Gasteiger partial charge in [0.2, 0.25) is 0 Å². The Hall–Kier alpha value is -1.76. The molecule has 0 atom stereocenters. The average molecular weight is 365 g/mol. The minimum absolute atomic E-state index is 0.0879. The molecule has 0 bridgehead atoms. The Morgan fingerprint density at radius 3 is 2.54 bits per heavy atom. The summed E-state index contributed by atoms with van der Waals surface area (Å²) in [7, 11) is 0. The molecule has 2 heterocycles. The number of thiocarbonyl (C=S) groups is 1. The SMILES string of the molecule is Fc1ccc(NC(=S)N2CCN(Cc3ccncc3)CC2)cc1Cl. The highest BCUT2D eigenvalue weighted by Crippen LogP contribution is 2.20. The number of piperazine rings is 1. The molecule has 7 heteroatoms. The van der Waals surface area contributed by atoms with E-state index in [2.05, 4.69) is 20.1 Å². The van der Waals surface area contributed by atoms with E-state index in [0.29, 0.717) is 10.8 Å². The Morgan fingerprint density at radius 1 is 1.17 bits per heavy atom. The first-order valence-corrected chi connectivity index (χ1v) is 8.53. The predicted molar refractivity (Wildman–Crippen MR) is 98.7 cm³/mol. The third kappa shape index (κ3) is 4.41. The zero-order valence-corrected chi connectivity index (χ0v) is 14.7. The highest BCUT2D eigenvalue weighted by atomic mass is 35.5. The van der Waals surface area contributed by atoms with Crippen LogP contribution in [0, 0.1) is 5.82 Å². The minimum atomic E-state index is -0.433. The number of nitrogens with zero attached hydrogens (tertiary/aromatic N) is 3. The summed E-state index contributed by atoms with van der Waals surface area (Å²) in [5.41, 5.74) is 1.96. The maximum atomic E-state index is 13.2. The summed E-state index contributed by atoms with van der Waals surface area (Å²) < 4.78 is 13.2. The van der Waals surface area contributed by atoms with E-state index in [4.69, 9.17) is 23.8 Å². The molecule has 1 aliphatic heterocycles. The maximum absolute atomic E-state index is 13.2. The van der Waals surface area contributed by atoms with Crippen molar-refractivity contribution in [3.05, 3.63) is 59.1 Å². The van der Waals surface area contributed by atoms with Gasteiger partial charge >= 0.3 is 0 Å². The summed E-state index contributed by atoms with van der Waals surface area (Å²) >= 11 is 11.2. The lowest BCUT2D eigenvalue weighted by Gasteiger charge is -2.36. The predicted octanol–water partition coefficient (Wildman–Crippen LogP) is 3.39. The lowest BCUT2D eigenvalue weighted by atomic mass is 10.2. The highest BCUT2D eigenvalue weighted by molar-refractivity contribution is 7.80. The van der Waals surface area contributed by atoms with Gasteiger partial charge in [0.15, 0.2) is 5.11 Å². The number of rotatable bonds is 3. The van der Waals surface area contributed by atoms with Crippen LogP contribution in [-0.2, 0) is 6.54 Å². The molecule has 0 aliphatic carbocycles. The van der Waals surface area contributed by atoms with Crippen LogP contribution in [0.2, 0.25) is 5.02 Å². The first-order chi connectivity index (χ1) is 11.6. The molecule has 3 rings (SSSR count). The van der Waals surface area contributed by atoms with E-state index < -0.39 is 5.82 Å². The van der Waals surface area contributed by atoms with Gasteiger partial charge in [0.25, 0.3) is 0 Å². The van der Waals surface area contributed by atoms with Crippen molar-refractivity contribution in [2.24, 2.45) is 0 Å². The molecule has 0 saturated carbocycles. The van der Waals surface area contributed by atoms with Crippen LogP contribution in [0.5, 0.6) is 0 Å². The van der Waals surface area contributed by atoms with Gasteiger partial charge in [-0.1, -0.05) is 11.6 Å². The van der Waals surface area contributed by atoms with Gasteiger partial charge in [-0.2, -0.15) is 0 Å². The van der Waals surface area contributed by atoms with Crippen molar-refractivity contribution in [3.8, 4) is 0 Å². The Labute approximate surface area is 151 Å². The van der Waals surface area contributed by atoms with E-state index in [0.717, 1.165) is 32.7 Å². The van der Waals surface area contributed by atoms with Crippen molar-refractivity contribution in [3.63, 3.8) is 0 Å². The van der Waals surface area contributed by atoms with Crippen LogP contribution in [0.15, 0.2) is 42.7 Å². The van der Waals surface area contributed by atoms with E-state index in [9.17, 15) is 4.39 Å². The molecule has 0 unspecified atom stereocenters. The van der Waals surface area contributed by atoms with Gasteiger partial charge in [-0.25, -0.2) is 4.39 Å². The van der Waals surface area contributed by atoms with Crippen molar-refractivity contribution in [1.29, 1.82) is 0 Å². The van der Waals surface area contributed by atoms with Crippen LogP contribution in [0.1, 0.15) is 5.56 Å². The second kappa shape index (κ2) is 7.88. The second-order valence-corrected chi connectivity index (χ2v) is 6.47. The lowest BCUT2D eigenvalue weighted by Crippen LogP contribution is -2.49. The Bertz CT molecular complexity index is 705. The molecule has 2 aromatic rings. The minimum Gasteiger partial charge on any atom is -0.346 e. The fraction of sp³-hybridized carbons (Fsp3) is 0.294. The van der Waals surface area contributed by atoms with Crippen molar-refractivity contribution >= 4 is 34.6 Å². The van der Waals surface area contributed by atoms with E-state index in [-0.39, 0.29) is 5.02 Å². The summed E-state index contributed by atoms with van der Waals surface area (Å²) in [6.07, 6.45) is 3.64. The molecule has 1 aliphatic rings. The van der Waals surface area contributed by atoms with Gasteiger partial charge in [0, 0.05) is 50.8 Å². The number of anilines is 1. The molecular formula is C17H18ClFN4S. The number of hydrogen-bond donors (Lipinski definition) is 1. The molecule has 0 spiro atoms. The summed E-state index contributed by atoms with van der Waals surface area (Å²) in [6, 6.07) is 8.59. The van der Waals surface area contributed by atoms with Crippen LogP contribution in [0.4, 0.5) is 10.1 Å². The van der Waals surface area contributed by atoms with E-state index >= 15 is 0 Å². The number of pyridine rings is 1. The molecule has 1 saturated heterocycles. The first kappa shape index (κ1) is 17.1. The van der Waals surface area contributed by atoms with Crippen LogP contribution in [0.3, 0.4) is 0 Å². The van der Waals surface area contributed by atoms with Crippen LogP contribution in [0.25, 0.3) is 0 Å².